The molecular weight excluding hydrogens is 268 g/mol. The van der Waals surface area contributed by atoms with Crippen molar-refractivity contribution in [2.75, 3.05) is 11.9 Å². The Bertz CT molecular complexity index is 575. The predicted molar refractivity (Wildman–Crippen MR) is 80.2 cm³/mol. The van der Waals surface area contributed by atoms with Gasteiger partial charge in [-0.15, -0.1) is 0 Å². The second kappa shape index (κ2) is 6.88. The normalized spacial score (nSPS) is 12.0. The van der Waals surface area contributed by atoms with E-state index in [2.05, 4.69) is 20.6 Å². The van der Waals surface area contributed by atoms with E-state index in [0.29, 0.717) is 18.3 Å². The lowest BCUT2D eigenvalue weighted by Crippen LogP contribution is -2.33. The maximum Gasteiger partial charge on any atom is 0.287 e. The maximum absolute atomic E-state index is 11.8. The van der Waals surface area contributed by atoms with Gasteiger partial charge in [0.2, 0.25) is 5.95 Å². The zero-order chi connectivity index (χ0) is 15.2. The van der Waals surface area contributed by atoms with Crippen molar-refractivity contribution in [1.29, 1.82) is 0 Å². The van der Waals surface area contributed by atoms with E-state index in [1.54, 1.807) is 12.1 Å². The summed E-state index contributed by atoms with van der Waals surface area (Å²) < 4.78 is 5.05. The van der Waals surface area contributed by atoms with E-state index in [1.165, 1.54) is 6.26 Å². The van der Waals surface area contributed by atoms with Gasteiger partial charge in [-0.05, 0) is 45.4 Å². The summed E-state index contributed by atoms with van der Waals surface area (Å²) in [4.78, 5) is 20.4. The molecule has 2 heterocycles. The van der Waals surface area contributed by atoms with Crippen LogP contribution in [0.3, 0.4) is 0 Å². The Hall–Kier alpha value is -2.37. The summed E-state index contributed by atoms with van der Waals surface area (Å²) in [5.74, 6) is 0.750. The van der Waals surface area contributed by atoms with Gasteiger partial charge in [-0.1, -0.05) is 0 Å². The first kappa shape index (κ1) is 15.0. The molecule has 0 radical (unpaired) electrons. The SMILES string of the molecule is Cc1cc(C)nc(NCC[C@H](C)NC(=O)c2ccco2)n1. The topological polar surface area (TPSA) is 80.0 Å². The number of amides is 1. The zero-order valence-corrected chi connectivity index (χ0v) is 12.5. The fraction of sp³-hybridized carbons (Fsp3) is 0.400. The molecule has 1 atom stereocenters. The lowest BCUT2D eigenvalue weighted by atomic mass is 10.2. The number of hydrogen-bond donors (Lipinski definition) is 2. The van der Waals surface area contributed by atoms with E-state index in [-0.39, 0.29) is 11.9 Å². The first-order valence-electron chi connectivity index (χ1n) is 6.95. The molecule has 0 fully saturated rings. The Kier molecular flexibility index (Phi) is 4.92. The van der Waals surface area contributed by atoms with Crippen LogP contribution in [0.4, 0.5) is 5.95 Å². The molecule has 0 aliphatic heterocycles. The highest BCUT2D eigenvalue weighted by molar-refractivity contribution is 5.91. The molecule has 2 N–H and O–H groups in total. The van der Waals surface area contributed by atoms with Crippen molar-refractivity contribution < 1.29 is 9.21 Å². The van der Waals surface area contributed by atoms with Gasteiger partial charge in [-0.2, -0.15) is 0 Å². The second-order valence-corrected chi connectivity index (χ2v) is 5.04. The molecule has 0 aromatic carbocycles. The molecule has 0 saturated carbocycles. The average molecular weight is 288 g/mol. The van der Waals surface area contributed by atoms with Gasteiger partial charge in [0, 0.05) is 24.0 Å². The minimum atomic E-state index is -0.199. The van der Waals surface area contributed by atoms with Crippen LogP contribution in [-0.2, 0) is 0 Å². The summed E-state index contributed by atoms with van der Waals surface area (Å²) in [7, 11) is 0. The van der Waals surface area contributed by atoms with E-state index in [1.807, 2.05) is 26.8 Å². The van der Waals surface area contributed by atoms with Crippen LogP contribution in [0.25, 0.3) is 0 Å². The highest BCUT2D eigenvalue weighted by Crippen LogP contribution is 2.05. The molecule has 6 heteroatoms. The third-order valence-electron chi connectivity index (χ3n) is 2.97. The molecule has 0 saturated heterocycles. The van der Waals surface area contributed by atoms with Crippen LogP contribution in [0.2, 0.25) is 0 Å². The summed E-state index contributed by atoms with van der Waals surface area (Å²) >= 11 is 0. The van der Waals surface area contributed by atoms with Crippen molar-refractivity contribution in [2.24, 2.45) is 0 Å². The fourth-order valence-corrected chi connectivity index (χ4v) is 1.98. The zero-order valence-electron chi connectivity index (χ0n) is 12.5. The molecule has 0 unspecified atom stereocenters. The smallest absolute Gasteiger partial charge is 0.287 e. The summed E-state index contributed by atoms with van der Waals surface area (Å²) in [5.41, 5.74) is 1.87. The van der Waals surface area contributed by atoms with Crippen molar-refractivity contribution in [3.05, 3.63) is 41.6 Å². The number of carbonyl (C=O) groups excluding carboxylic acids is 1. The number of aryl methyl sites for hydroxylation is 2. The van der Waals surface area contributed by atoms with Gasteiger partial charge in [-0.25, -0.2) is 9.97 Å². The number of aromatic nitrogens is 2. The Morgan fingerprint density at radius 3 is 2.67 bits per heavy atom. The summed E-state index contributed by atoms with van der Waals surface area (Å²) in [6.45, 7) is 6.51. The van der Waals surface area contributed by atoms with Crippen molar-refractivity contribution >= 4 is 11.9 Å². The van der Waals surface area contributed by atoms with E-state index in [0.717, 1.165) is 17.8 Å². The van der Waals surface area contributed by atoms with Crippen LogP contribution in [0.5, 0.6) is 0 Å². The largest absolute Gasteiger partial charge is 0.459 e. The lowest BCUT2D eigenvalue weighted by Gasteiger charge is -2.13. The second-order valence-electron chi connectivity index (χ2n) is 5.04. The minimum absolute atomic E-state index is 0.0287. The van der Waals surface area contributed by atoms with Crippen molar-refractivity contribution in [2.45, 2.75) is 33.2 Å². The van der Waals surface area contributed by atoms with Crippen LogP contribution < -0.4 is 10.6 Å². The molecule has 2 aromatic rings. The average Bonchev–Trinajstić information content (AvgIpc) is 2.91. The van der Waals surface area contributed by atoms with Crippen molar-refractivity contribution in [3.63, 3.8) is 0 Å². The van der Waals surface area contributed by atoms with E-state index in [4.69, 9.17) is 4.42 Å². The molecule has 112 valence electrons. The molecule has 2 aromatic heterocycles. The van der Waals surface area contributed by atoms with Crippen LogP contribution in [0.15, 0.2) is 28.9 Å². The standard InChI is InChI=1S/C15H20N4O2/c1-10(17-14(20)13-5-4-8-21-13)6-7-16-15-18-11(2)9-12(3)19-15/h4-5,8-10H,6-7H2,1-3H3,(H,17,20)(H,16,18,19)/t10-/m0/s1. The molecule has 6 nitrogen and oxygen atoms in total. The van der Waals surface area contributed by atoms with E-state index >= 15 is 0 Å². The van der Waals surface area contributed by atoms with Gasteiger partial charge in [0.15, 0.2) is 5.76 Å². The number of nitrogens with zero attached hydrogens (tertiary/aromatic N) is 2. The van der Waals surface area contributed by atoms with Gasteiger partial charge < -0.3 is 15.1 Å². The number of nitrogens with one attached hydrogen (secondary N) is 2. The predicted octanol–water partition coefficient (Wildman–Crippen LogP) is 2.31. The molecule has 0 aliphatic carbocycles. The summed E-state index contributed by atoms with van der Waals surface area (Å²) in [6.07, 6.45) is 2.25. The van der Waals surface area contributed by atoms with E-state index < -0.39 is 0 Å². The summed E-state index contributed by atoms with van der Waals surface area (Å²) in [5, 5.41) is 6.05. The first-order chi connectivity index (χ1) is 10.0. The Balaban J connectivity index is 1.76. The molecular formula is C15H20N4O2. The van der Waals surface area contributed by atoms with Gasteiger partial charge in [0.1, 0.15) is 0 Å². The Labute approximate surface area is 124 Å². The van der Waals surface area contributed by atoms with Crippen LogP contribution in [0, 0.1) is 13.8 Å². The molecule has 0 bridgehead atoms. The Morgan fingerprint density at radius 1 is 1.33 bits per heavy atom. The van der Waals surface area contributed by atoms with Crippen LogP contribution in [-0.4, -0.2) is 28.5 Å². The van der Waals surface area contributed by atoms with Gasteiger partial charge in [-0.3, -0.25) is 4.79 Å². The highest BCUT2D eigenvalue weighted by atomic mass is 16.3. The van der Waals surface area contributed by atoms with Crippen molar-refractivity contribution in [3.8, 4) is 0 Å². The molecule has 2 rings (SSSR count). The molecule has 0 aliphatic rings. The lowest BCUT2D eigenvalue weighted by molar-refractivity contribution is 0.0911. The quantitative estimate of drug-likeness (QED) is 0.852. The minimum Gasteiger partial charge on any atom is -0.459 e. The van der Waals surface area contributed by atoms with Gasteiger partial charge >= 0.3 is 0 Å². The number of hydrogen-bond acceptors (Lipinski definition) is 5. The maximum atomic E-state index is 11.8. The number of anilines is 1. The van der Waals surface area contributed by atoms with Crippen molar-refractivity contribution in [1.82, 2.24) is 15.3 Å². The molecule has 0 spiro atoms. The monoisotopic (exact) mass is 288 g/mol. The summed E-state index contributed by atoms with van der Waals surface area (Å²) in [6, 6.07) is 5.29. The molecule has 21 heavy (non-hydrogen) atoms. The number of carbonyl (C=O) groups is 1. The van der Waals surface area contributed by atoms with Crippen LogP contribution >= 0.6 is 0 Å². The number of rotatable bonds is 6. The van der Waals surface area contributed by atoms with Crippen LogP contribution in [0.1, 0.15) is 35.3 Å². The van der Waals surface area contributed by atoms with Gasteiger partial charge in [0.25, 0.3) is 5.91 Å². The third-order valence-corrected chi connectivity index (χ3v) is 2.97. The Morgan fingerprint density at radius 2 is 2.05 bits per heavy atom. The third kappa shape index (κ3) is 4.59. The number of furan rings is 1. The van der Waals surface area contributed by atoms with E-state index in [9.17, 15) is 4.79 Å². The van der Waals surface area contributed by atoms with Gasteiger partial charge in [0.05, 0.1) is 6.26 Å². The fourth-order valence-electron chi connectivity index (χ4n) is 1.98. The highest BCUT2D eigenvalue weighted by Gasteiger charge is 2.11. The first-order valence-corrected chi connectivity index (χ1v) is 6.95. The molecule has 1 amide bonds.